The Bertz CT molecular complexity index is 358. The Morgan fingerprint density at radius 1 is 1.19 bits per heavy atom. The highest BCUT2D eigenvalue weighted by Crippen LogP contribution is 2.29. The third-order valence-electron chi connectivity index (χ3n) is 3.22. The van der Waals surface area contributed by atoms with E-state index < -0.39 is 0 Å². The predicted octanol–water partition coefficient (Wildman–Crippen LogP) is 4.94. The summed E-state index contributed by atoms with van der Waals surface area (Å²) in [6.45, 7) is 2.24. The highest BCUT2D eigenvalue weighted by atomic mass is 79.9. The molecule has 0 aromatic heterocycles. The lowest BCUT2D eigenvalue weighted by Gasteiger charge is -2.20. The molecule has 0 bridgehead atoms. The number of allylic oxidation sites excluding steroid dienone is 8. The normalized spacial score (nSPS) is 28.9. The van der Waals surface area contributed by atoms with Gasteiger partial charge in [0.2, 0.25) is 0 Å². The average molecular weight is 279 g/mol. The first kappa shape index (κ1) is 11.9. The first-order chi connectivity index (χ1) is 7.79. The van der Waals surface area contributed by atoms with Gasteiger partial charge in [-0.2, -0.15) is 0 Å². The van der Waals surface area contributed by atoms with Gasteiger partial charge in [-0.15, -0.1) is 0 Å². The predicted molar refractivity (Wildman–Crippen MR) is 74.8 cm³/mol. The van der Waals surface area contributed by atoms with Crippen molar-refractivity contribution in [3.63, 3.8) is 0 Å². The van der Waals surface area contributed by atoms with Crippen LogP contribution in [0.2, 0.25) is 0 Å². The molecule has 0 aromatic rings. The highest BCUT2D eigenvalue weighted by molar-refractivity contribution is 9.09. The summed E-state index contributed by atoms with van der Waals surface area (Å²) in [4.78, 5) is 0.537. The molecule has 2 atom stereocenters. The van der Waals surface area contributed by atoms with Crippen LogP contribution in [-0.4, -0.2) is 4.83 Å². The second kappa shape index (κ2) is 5.67. The number of alkyl halides is 1. The molecular formula is C15H19Br. The van der Waals surface area contributed by atoms with Crippen molar-refractivity contribution in [2.75, 3.05) is 0 Å². The molecule has 0 saturated heterocycles. The average Bonchev–Trinajstić information content (AvgIpc) is 2.32. The number of halogens is 1. The Hall–Kier alpha value is -0.560. The smallest absolute Gasteiger partial charge is 0.0363 e. The van der Waals surface area contributed by atoms with E-state index in [0.29, 0.717) is 10.7 Å². The third-order valence-corrected chi connectivity index (χ3v) is 3.90. The number of hydrogen-bond donors (Lipinski definition) is 0. The number of rotatable bonds is 3. The van der Waals surface area contributed by atoms with Gasteiger partial charge >= 0.3 is 0 Å². The van der Waals surface area contributed by atoms with Crippen LogP contribution in [0, 0.1) is 5.92 Å². The van der Waals surface area contributed by atoms with Crippen LogP contribution >= 0.6 is 15.9 Å². The highest BCUT2D eigenvalue weighted by Gasteiger charge is 2.14. The molecule has 0 saturated carbocycles. The topological polar surface area (TPSA) is 0 Å². The van der Waals surface area contributed by atoms with Gasteiger partial charge in [0.15, 0.2) is 0 Å². The van der Waals surface area contributed by atoms with Gasteiger partial charge in [0.05, 0.1) is 0 Å². The maximum atomic E-state index is 3.61. The molecule has 16 heavy (non-hydrogen) atoms. The van der Waals surface area contributed by atoms with Crippen molar-refractivity contribution in [1.82, 2.24) is 0 Å². The minimum Gasteiger partial charge on any atom is -0.0842 e. The Balaban J connectivity index is 1.96. The summed E-state index contributed by atoms with van der Waals surface area (Å²) in [6, 6.07) is 0. The molecular weight excluding hydrogens is 260 g/mol. The standard InChI is InChI=1S/C15H19Br/c1-2-3-12-4-6-13(7-5-12)14-8-10-15(16)11-9-14/h4-6,8-10,13,15H,2-3,7,11H2,1H3. The number of hydrogen-bond acceptors (Lipinski definition) is 0. The van der Waals surface area contributed by atoms with E-state index in [1.165, 1.54) is 30.4 Å². The molecule has 1 heteroatoms. The summed E-state index contributed by atoms with van der Waals surface area (Å²) in [5, 5.41) is 0. The molecule has 2 rings (SSSR count). The van der Waals surface area contributed by atoms with Gasteiger partial charge in [-0.3, -0.25) is 0 Å². The van der Waals surface area contributed by atoms with Crippen molar-refractivity contribution in [1.29, 1.82) is 0 Å². The van der Waals surface area contributed by atoms with E-state index >= 15 is 0 Å². The van der Waals surface area contributed by atoms with Crippen molar-refractivity contribution >= 4 is 15.9 Å². The van der Waals surface area contributed by atoms with Crippen LogP contribution < -0.4 is 0 Å². The van der Waals surface area contributed by atoms with Crippen LogP contribution in [-0.2, 0) is 0 Å². The molecule has 0 spiro atoms. The second-order valence-electron chi connectivity index (χ2n) is 4.55. The third kappa shape index (κ3) is 2.98. The first-order valence-corrected chi connectivity index (χ1v) is 7.10. The summed E-state index contributed by atoms with van der Waals surface area (Å²) in [7, 11) is 0. The van der Waals surface area contributed by atoms with E-state index in [2.05, 4.69) is 59.3 Å². The minimum atomic E-state index is 0.537. The van der Waals surface area contributed by atoms with Crippen molar-refractivity contribution in [2.24, 2.45) is 5.92 Å². The van der Waals surface area contributed by atoms with Crippen molar-refractivity contribution in [3.05, 3.63) is 47.6 Å². The van der Waals surface area contributed by atoms with Gasteiger partial charge in [-0.05, 0) is 24.8 Å². The molecule has 2 aliphatic carbocycles. The van der Waals surface area contributed by atoms with E-state index in [-0.39, 0.29) is 0 Å². The lowest BCUT2D eigenvalue weighted by molar-refractivity contribution is 0.755. The van der Waals surface area contributed by atoms with Crippen LogP contribution in [0.3, 0.4) is 0 Å². The zero-order valence-electron chi connectivity index (χ0n) is 9.83. The van der Waals surface area contributed by atoms with Crippen molar-refractivity contribution in [2.45, 2.75) is 37.4 Å². The van der Waals surface area contributed by atoms with Gasteiger partial charge < -0.3 is 0 Å². The van der Waals surface area contributed by atoms with Crippen molar-refractivity contribution in [3.8, 4) is 0 Å². The lowest BCUT2D eigenvalue weighted by Crippen LogP contribution is -2.06. The molecule has 0 amide bonds. The second-order valence-corrected chi connectivity index (χ2v) is 5.72. The minimum absolute atomic E-state index is 0.537. The van der Waals surface area contributed by atoms with Crippen molar-refractivity contribution < 1.29 is 0 Å². The molecule has 2 aliphatic rings. The largest absolute Gasteiger partial charge is 0.0842 e. The molecule has 0 nitrogen and oxygen atoms in total. The summed E-state index contributed by atoms with van der Waals surface area (Å²) in [6.07, 6.45) is 18.8. The van der Waals surface area contributed by atoms with Gasteiger partial charge in [-0.25, -0.2) is 0 Å². The van der Waals surface area contributed by atoms with Gasteiger partial charge in [0, 0.05) is 10.7 Å². The van der Waals surface area contributed by atoms with E-state index in [9.17, 15) is 0 Å². The van der Waals surface area contributed by atoms with Gasteiger partial charge in [0.25, 0.3) is 0 Å². The van der Waals surface area contributed by atoms with Gasteiger partial charge in [-0.1, -0.05) is 71.3 Å². The van der Waals surface area contributed by atoms with Crippen LogP contribution in [0.1, 0.15) is 32.6 Å². The molecule has 0 heterocycles. The molecule has 2 unspecified atom stereocenters. The van der Waals surface area contributed by atoms with Crippen LogP contribution in [0.25, 0.3) is 0 Å². The Morgan fingerprint density at radius 3 is 2.62 bits per heavy atom. The van der Waals surface area contributed by atoms with Crippen LogP contribution in [0.15, 0.2) is 47.6 Å². The maximum absolute atomic E-state index is 3.61. The van der Waals surface area contributed by atoms with E-state index in [1.54, 1.807) is 0 Å². The molecule has 0 aromatic carbocycles. The molecule has 0 aliphatic heterocycles. The van der Waals surface area contributed by atoms with E-state index in [0.717, 1.165) is 6.42 Å². The zero-order valence-corrected chi connectivity index (χ0v) is 11.4. The molecule has 0 radical (unpaired) electrons. The van der Waals surface area contributed by atoms with Crippen LogP contribution in [0.5, 0.6) is 0 Å². The first-order valence-electron chi connectivity index (χ1n) is 6.19. The maximum Gasteiger partial charge on any atom is 0.0363 e. The Labute approximate surface area is 107 Å². The van der Waals surface area contributed by atoms with Gasteiger partial charge in [0.1, 0.15) is 0 Å². The van der Waals surface area contributed by atoms with E-state index in [4.69, 9.17) is 0 Å². The zero-order chi connectivity index (χ0) is 11.4. The Morgan fingerprint density at radius 2 is 2.06 bits per heavy atom. The molecule has 86 valence electrons. The summed E-state index contributed by atoms with van der Waals surface area (Å²) in [5.74, 6) is 0.608. The fraction of sp³-hybridized carbons (Fsp3) is 0.467. The molecule has 0 N–H and O–H groups in total. The SMILES string of the molecule is CCCC1=CCC(C2=CCC(Br)C=C2)C=C1. The quantitative estimate of drug-likeness (QED) is 0.642. The summed E-state index contributed by atoms with van der Waals surface area (Å²) < 4.78 is 0. The fourth-order valence-corrected chi connectivity index (χ4v) is 2.61. The monoisotopic (exact) mass is 278 g/mol. The lowest BCUT2D eigenvalue weighted by atomic mass is 9.86. The molecule has 0 fully saturated rings. The van der Waals surface area contributed by atoms with E-state index in [1.807, 2.05) is 0 Å². The Kier molecular flexibility index (Phi) is 4.22. The van der Waals surface area contributed by atoms with Crippen LogP contribution in [0.4, 0.5) is 0 Å². The summed E-state index contributed by atoms with van der Waals surface area (Å²) in [5.41, 5.74) is 3.00. The summed E-state index contributed by atoms with van der Waals surface area (Å²) >= 11 is 3.61. The fourth-order valence-electron chi connectivity index (χ4n) is 2.27.